The molecule has 0 spiro atoms. The number of ether oxygens (including phenoxy) is 1. The summed E-state index contributed by atoms with van der Waals surface area (Å²) >= 11 is 5.00. The molecule has 1 saturated heterocycles. The van der Waals surface area contributed by atoms with Crippen LogP contribution in [0.25, 0.3) is 21.5 Å². The molecular weight excluding hydrogens is 492 g/mol. The second-order valence-electron chi connectivity index (χ2n) is 7.46. The van der Waals surface area contributed by atoms with Gasteiger partial charge in [-0.15, -0.1) is 0 Å². The van der Waals surface area contributed by atoms with Crippen molar-refractivity contribution in [2.45, 2.75) is 0 Å². The molecule has 0 bridgehead atoms. The molecule has 1 amide bonds. The van der Waals surface area contributed by atoms with Gasteiger partial charge in [0.25, 0.3) is 5.91 Å². The quantitative estimate of drug-likeness (QED) is 0.373. The van der Waals surface area contributed by atoms with Crippen LogP contribution >= 0.6 is 27.3 Å². The summed E-state index contributed by atoms with van der Waals surface area (Å²) in [6.45, 7) is 4.39. The summed E-state index contributed by atoms with van der Waals surface area (Å²) < 4.78 is 12.9. The van der Waals surface area contributed by atoms with E-state index in [2.05, 4.69) is 26.0 Å². The van der Waals surface area contributed by atoms with Crippen molar-refractivity contribution < 1.29 is 14.1 Å². The van der Waals surface area contributed by atoms with E-state index in [1.807, 2.05) is 48.5 Å². The smallest absolute Gasteiger partial charge is 0.282 e. The van der Waals surface area contributed by atoms with Crippen LogP contribution in [0.3, 0.4) is 0 Å². The van der Waals surface area contributed by atoms with Crippen LogP contribution in [0.5, 0.6) is 0 Å². The average Bonchev–Trinajstić information content (AvgIpc) is 3.48. The van der Waals surface area contributed by atoms with Crippen molar-refractivity contribution in [1.82, 2.24) is 15.0 Å². The van der Waals surface area contributed by atoms with Crippen LogP contribution in [-0.2, 0) is 4.74 Å². The first kappa shape index (κ1) is 21.3. The zero-order chi connectivity index (χ0) is 21.9. The molecule has 0 N–H and O–H groups in total. The van der Waals surface area contributed by atoms with Crippen LogP contribution in [0.1, 0.15) is 10.5 Å². The number of thiazole rings is 1. The third-order valence-electron chi connectivity index (χ3n) is 5.35. The Bertz CT molecular complexity index is 1220. The van der Waals surface area contributed by atoms with E-state index in [1.54, 1.807) is 11.0 Å². The van der Waals surface area contributed by atoms with Crippen molar-refractivity contribution in [3.63, 3.8) is 0 Å². The van der Waals surface area contributed by atoms with Gasteiger partial charge >= 0.3 is 0 Å². The Kier molecular flexibility index (Phi) is 6.31. The molecule has 1 aliphatic heterocycles. The first-order valence-electron chi connectivity index (χ1n) is 10.4. The maximum absolute atomic E-state index is 13.5. The number of amides is 1. The lowest BCUT2D eigenvalue weighted by Crippen LogP contribution is -2.43. The predicted molar refractivity (Wildman–Crippen MR) is 128 cm³/mol. The fraction of sp³-hybridized carbons (Fsp3) is 0.261. The summed E-state index contributed by atoms with van der Waals surface area (Å²) in [5, 5.41) is 4.72. The van der Waals surface area contributed by atoms with Gasteiger partial charge in [-0.2, -0.15) is 0 Å². The lowest BCUT2D eigenvalue weighted by Gasteiger charge is -2.28. The number of halogens is 1. The first-order valence-corrected chi connectivity index (χ1v) is 12.0. The van der Waals surface area contributed by atoms with Crippen LogP contribution in [0.2, 0.25) is 0 Å². The molecule has 0 aliphatic carbocycles. The van der Waals surface area contributed by atoms with Crippen molar-refractivity contribution in [3.8, 4) is 11.3 Å². The SMILES string of the molecule is O=C(c1cc(-c2ccccc2)on1)N(CCN1CCOCC1)c1nc2ccc(Br)cc2s1. The van der Waals surface area contributed by atoms with Crippen molar-refractivity contribution in [2.24, 2.45) is 0 Å². The van der Waals surface area contributed by atoms with E-state index in [4.69, 9.17) is 14.2 Å². The third kappa shape index (κ3) is 4.61. The number of aromatic nitrogens is 2. The fourth-order valence-electron chi connectivity index (χ4n) is 3.60. The van der Waals surface area contributed by atoms with E-state index in [-0.39, 0.29) is 11.6 Å². The topological polar surface area (TPSA) is 71.7 Å². The number of rotatable bonds is 6. The van der Waals surface area contributed by atoms with Gasteiger partial charge < -0.3 is 9.26 Å². The van der Waals surface area contributed by atoms with Gasteiger partial charge in [0.2, 0.25) is 0 Å². The van der Waals surface area contributed by atoms with Crippen LogP contribution in [0, 0.1) is 0 Å². The van der Waals surface area contributed by atoms with E-state index in [0.29, 0.717) is 30.7 Å². The van der Waals surface area contributed by atoms with Gasteiger partial charge in [0.1, 0.15) is 0 Å². The lowest BCUT2D eigenvalue weighted by atomic mass is 10.1. The third-order valence-corrected chi connectivity index (χ3v) is 6.88. The number of nitrogens with zero attached hydrogens (tertiary/aromatic N) is 4. The Hall–Kier alpha value is -2.59. The molecule has 4 aromatic rings. The van der Waals surface area contributed by atoms with Gasteiger partial charge in [0.15, 0.2) is 16.6 Å². The molecule has 0 atom stereocenters. The van der Waals surface area contributed by atoms with Gasteiger partial charge in [0, 0.05) is 42.3 Å². The van der Waals surface area contributed by atoms with Crippen molar-refractivity contribution in [3.05, 3.63) is 64.8 Å². The number of benzene rings is 2. The predicted octanol–water partition coefficient (Wildman–Crippen LogP) is 4.69. The number of anilines is 1. The van der Waals surface area contributed by atoms with E-state index in [0.717, 1.165) is 39.9 Å². The minimum atomic E-state index is -0.220. The molecule has 2 aromatic heterocycles. The highest BCUT2D eigenvalue weighted by Crippen LogP contribution is 2.32. The molecule has 1 fully saturated rings. The molecular formula is C23H21BrN4O3S. The largest absolute Gasteiger partial charge is 0.379 e. The number of fused-ring (bicyclic) bond motifs is 1. The van der Waals surface area contributed by atoms with Gasteiger partial charge in [-0.3, -0.25) is 14.6 Å². The van der Waals surface area contributed by atoms with E-state index >= 15 is 0 Å². The Morgan fingerprint density at radius 2 is 1.94 bits per heavy atom. The normalized spacial score (nSPS) is 14.7. The van der Waals surface area contributed by atoms with Crippen LogP contribution in [-0.4, -0.2) is 60.3 Å². The Morgan fingerprint density at radius 3 is 2.75 bits per heavy atom. The maximum atomic E-state index is 13.5. The first-order chi connectivity index (χ1) is 15.7. The van der Waals surface area contributed by atoms with Gasteiger partial charge in [-0.1, -0.05) is 62.8 Å². The standard InChI is InChI=1S/C23H21BrN4O3S/c24-17-6-7-18-21(14-17)32-23(25-18)28(9-8-27-10-12-30-13-11-27)22(29)19-15-20(31-26-19)16-4-2-1-3-5-16/h1-7,14-15H,8-13H2. The molecule has 0 saturated carbocycles. The zero-order valence-electron chi connectivity index (χ0n) is 17.2. The second-order valence-corrected chi connectivity index (χ2v) is 9.39. The molecule has 2 aromatic carbocycles. The molecule has 0 unspecified atom stereocenters. The average molecular weight is 513 g/mol. The number of hydrogen-bond acceptors (Lipinski definition) is 7. The molecule has 7 nitrogen and oxygen atoms in total. The molecule has 1 aliphatic rings. The minimum Gasteiger partial charge on any atom is -0.379 e. The highest BCUT2D eigenvalue weighted by atomic mass is 79.9. The summed E-state index contributed by atoms with van der Waals surface area (Å²) in [6.07, 6.45) is 0. The molecule has 9 heteroatoms. The minimum absolute atomic E-state index is 0.220. The number of hydrogen-bond donors (Lipinski definition) is 0. The van der Waals surface area contributed by atoms with E-state index in [9.17, 15) is 4.79 Å². The molecule has 5 rings (SSSR count). The van der Waals surface area contributed by atoms with E-state index < -0.39 is 0 Å². The lowest BCUT2D eigenvalue weighted by molar-refractivity contribution is 0.0391. The monoisotopic (exact) mass is 512 g/mol. The Balaban J connectivity index is 1.44. The fourth-order valence-corrected chi connectivity index (χ4v) is 5.15. The zero-order valence-corrected chi connectivity index (χ0v) is 19.6. The number of carbonyl (C=O) groups excluding carboxylic acids is 1. The van der Waals surface area contributed by atoms with Crippen LogP contribution < -0.4 is 4.90 Å². The number of carbonyl (C=O) groups is 1. The second kappa shape index (κ2) is 9.50. The van der Waals surface area contributed by atoms with Crippen molar-refractivity contribution in [1.29, 1.82) is 0 Å². The van der Waals surface area contributed by atoms with Crippen molar-refractivity contribution >= 4 is 48.5 Å². The maximum Gasteiger partial charge on any atom is 0.282 e. The van der Waals surface area contributed by atoms with Crippen LogP contribution in [0.4, 0.5) is 5.13 Å². The van der Waals surface area contributed by atoms with Gasteiger partial charge in [0.05, 0.1) is 23.4 Å². The molecule has 32 heavy (non-hydrogen) atoms. The van der Waals surface area contributed by atoms with Gasteiger partial charge in [-0.05, 0) is 18.2 Å². The molecule has 3 heterocycles. The summed E-state index contributed by atoms with van der Waals surface area (Å²) in [7, 11) is 0. The summed E-state index contributed by atoms with van der Waals surface area (Å²) in [5.41, 5.74) is 2.01. The van der Waals surface area contributed by atoms with Gasteiger partial charge in [-0.25, -0.2) is 4.98 Å². The Labute approximate surface area is 197 Å². The van der Waals surface area contributed by atoms with Crippen LogP contribution in [0.15, 0.2) is 63.6 Å². The summed E-state index contributed by atoms with van der Waals surface area (Å²) in [4.78, 5) is 22.3. The molecule has 0 radical (unpaired) electrons. The number of morpholine rings is 1. The Morgan fingerprint density at radius 1 is 1.12 bits per heavy atom. The highest BCUT2D eigenvalue weighted by molar-refractivity contribution is 9.10. The highest BCUT2D eigenvalue weighted by Gasteiger charge is 2.25. The summed E-state index contributed by atoms with van der Waals surface area (Å²) in [6, 6.07) is 17.3. The molecule has 164 valence electrons. The van der Waals surface area contributed by atoms with Crippen molar-refractivity contribution in [2.75, 3.05) is 44.3 Å². The summed E-state index contributed by atoms with van der Waals surface area (Å²) in [5.74, 6) is 0.345. The van der Waals surface area contributed by atoms with E-state index in [1.165, 1.54) is 11.3 Å².